The molecule has 1 saturated carbocycles. The highest BCUT2D eigenvalue weighted by atomic mass is 32.2. The summed E-state index contributed by atoms with van der Waals surface area (Å²) in [5.41, 5.74) is 0.0891. The molecule has 0 spiro atoms. The molecule has 0 amide bonds. The standard InChI is InChI=1S/C23H25N2O3S2/c26-21-19(15-7-9-17(29-15)24-11-3-1-4-12-24)22(27)23(28)20(21)16-8-10-18(30-16)25-13-5-2-6-14-25/h7-10,19H,1-6,11-14H2/q+1/b20-16+. The fourth-order valence-electron chi connectivity index (χ4n) is 4.65. The number of thioether (sulfide) groups is 1. The molecule has 4 aliphatic rings. The third-order valence-electron chi connectivity index (χ3n) is 6.29. The number of hydrogen-bond acceptors (Lipinski definition) is 6. The molecule has 1 aliphatic carbocycles. The van der Waals surface area contributed by atoms with Crippen LogP contribution in [0.4, 0.5) is 5.00 Å². The third kappa shape index (κ3) is 3.52. The molecule has 5 nitrogen and oxygen atoms in total. The van der Waals surface area contributed by atoms with E-state index in [4.69, 9.17) is 0 Å². The summed E-state index contributed by atoms with van der Waals surface area (Å²) in [6.07, 6.45) is 11.0. The van der Waals surface area contributed by atoms with E-state index in [0.29, 0.717) is 9.78 Å². The SMILES string of the molecule is O=C1C(=O)C(c2ccc(N3CCCCC3)s2)C(=O)/C1=C1/C=CC(=[N+]2CCCCC2)S1. The normalized spacial score (nSPS) is 27.7. The molecule has 1 aromatic heterocycles. The minimum Gasteiger partial charge on any atom is -0.363 e. The highest BCUT2D eigenvalue weighted by molar-refractivity contribution is 8.18. The number of Topliss-reactive ketones (excluding diaryl/α,β-unsaturated/α-hetero) is 3. The van der Waals surface area contributed by atoms with Crippen molar-refractivity contribution in [2.24, 2.45) is 0 Å². The molecule has 0 bridgehead atoms. The van der Waals surface area contributed by atoms with E-state index in [2.05, 4.69) is 9.48 Å². The highest BCUT2D eigenvalue weighted by Gasteiger charge is 2.48. The molecule has 156 valence electrons. The fourth-order valence-corrected chi connectivity index (χ4v) is 6.91. The van der Waals surface area contributed by atoms with Gasteiger partial charge >= 0.3 is 0 Å². The molecule has 5 rings (SSSR count). The first kappa shape index (κ1) is 19.9. The van der Waals surface area contributed by atoms with Crippen molar-refractivity contribution in [1.82, 2.24) is 0 Å². The summed E-state index contributed by atoms with van der Waals surface area (Å²) in [6, 6.07) is 3.85. The third-order valence-corrected chi connectivity index (χ3v) is 8.67. The van der Waals surface area contributed by atoms with E-state index in [1.807, 2.05) is 24.3 Å². The van der Waals surface area contributed by atoms with Gasteiger partial charge < -0.3 is 4.90 Å². The molecule has 3 fully saturated rings. The first-order chi connectivity index (χ1) is 14.6. The van der Waals surface area contributed by atoms with Gasteiger partial charge in [-0.3, -0.25) is 14.4 Å². The summed E-state index contributed by atoms with van der Waals surface area (Å²) in [6.45, 7) is 4.04. The molecule has 3 aliphatic heterocycles. The van der Waals surface area contributed by atoms with Crippen LogP contribution < -0.4 is 4.90 Å². The number of thiophene rings is 1. The van der Waals surface area contributed by atoms with Crippen LogP contribution in [-0.2, 0) is 14.4 Å². The number of hydrogen-bond donors (Lipinski definition) is 0. The van der Waals surface area contributed by atoms with Crippen LogP contribution in [-0.4, -0.2) is 53.1 Å². The van der Waals surface area contributed by atoms with Crippen LogP contribution in [0.2, 0.25) is 0 Å². The van der Waals surface area contributed by atoms with E-state index in [0.717, 1.165) is 36.2 Å². The molecular weight excluding hydrogens is 416 g/mol. The lowest BCUT2D eigenvalue weighted by Gasteiger charge is -2.27. The molecule has 0 radical (unpaired) electrons. The zero-order chi connectivity index (χ0) is 20.7. The van der Waals surface area contributed by atoms with E-state index in [1.54, 1.807) is 0 Å². The van der Waals surface area contributed by atoms with Crippen molar-refractivity contribution in [3.63, 3.8) is 0 Å². The Labute approximate surface area is 184 Å². The Morgan fingerprint density at radius 3 is 2.37 bits per heavy atom. The number of piperidine rings is 2. The summed E-state index contributed by atoms with van der Waals surface area (Å²) >= 11 is 2.95. The number of carbonyl (C=O) groups is 3. The first-order valence-corrected chi connectivity index (χ1v) is 12.5. The summed E-state index contributed by atoms with van der Waals surface area (Å²) in [5, 5.41) is 2.17. The highest BCUT2D eigenvalue weighted by Crippen LogP contribution is 2.41. The van der Waals surface area contributed by atoms with Gasteiger partial charge in [0.1, 0.15) is 19.0 Å². The van der Waals surface area contributed by atoms with Gasteiger partial charge in [-0.2, -0.15) is 0 Å². The maximum absolute atomic E-state index is 13.2. The largest absolute Gasteiger partial charge is 0.363 e. The summed E-state index contributed by atoms with van der Waals surface area (Å²) in [7, 11) is 0. The average molecular weight is 442 g/mol. The number of rotatable bonds is 2. The number of ketones is 3. The molecule has 7 heteroatoms. The second-order valence-electron chi connectivity index (χ2n) is 8.27. The number of anilines is 1. The molecular formula is C23H25N2O3S2+. The topological polar surface area (TPSA) is 57.5 Å². The lowest BCUT2D eigenvalue weighted by atomic mass is 10.0. The lowest BCUT2D eigenvalue weighted by molar-refractivity contribution is -0.534. The van der Waals surface area contributed by atoms with E-state index in [-0.39, 0.29) is 11.4 Å². The van der Waals surface area contributed by atoms with Gasteiger partial charge in [-0.1, -0.05) is 0 Å². The fraction of sp³-hybridized carbons (Fsp3) is 0.478. The minimum absolute atomic E-state index is 0.0891. The van der Waals surface area contributed by atoms with Crippen LogP contribution in [0.1, 0.15) is 49.3 Å². The van der Waals surface area contributed by atoms with E-state index in [9.17, 15) is 14.4 Å². The van der Waals surface area contributed by atoms with Crippen LogP contribution >= 0.6 is 23.1 Å². The quantitative estimate of drug-likeness (QED) is 0.230. The number of allylic oxidation sites excluding steroid dienone is 2. The first-order valence-electron chi connectivity index (χ1n) is 10.8. The zero-order valence-corrected chi connectivity index (χ0v) is 18.5. The predicted octanol–water partition coefficient (Wildman–Crippen LogP) is 3.69. The molecule has 30 heavy (non-hydrogen) atoms. The van der Waals surface area contributed by atoms with Gasteiger partial charge in [-0.15, -0.1) is 11.3 Å². The van der Waals surface area contributed by atoms with Gasteiger partial charge in [-0.25, -0.2) is 4.58 Å². The van der Waals surface area contributed by atoms with Gasteiger partial charge in [-0.05, 0) is 55.7 Å². The Bertz CT molecular complexity index is 1000. The van der Waals surface area contributed by atoms with Gasteiger partial charge in [0.15, 0.2) is 5.78 Å². The molecule has 1 unspecified atom stereocenters. The van der Waals surface area contributed by atoms with E-state index < -0.39 is 17.5 Å². The molecule has 0 N–H and O–H groups in total. The smallest absolute Gasteiger partial charge is 0.239 e. The minimum atomic E-state index is -0.962. The number of nitrogens with zero attached hydrogens (tertiary/aromatic N) is 2. The molecule has 0 aromatic carbocycles. The van der Waals surface area contributed by atoms with Crippen LogP contribution in [0.5, 0.6) is 0 Å². The van der Waals surface area contributed by atoms with Crippen molar-refractivity contribution < 1.29 is 19.0 Å². The molecule has 4 heterocycles. The van der Waals surface area contributed by atoms with Crippen molar-refractivity contribution in [2.45, 2.75) is 44.4 Å². The van der Waals surface area contributed by atoms with Crippen LogP contribution in [0.15, 0.2) is 34.8 Å². The van der Waals surface area contributed by atoms with Crippen LogP contribution in [0.3, 0.4) is 0 Å². The Hall–Kier alpha value is -1.99. The summed E-state index contributed by atoms with van der Waals surface area (Å²) < 4.78 is 2.31. The summed E-state index contributed by atoms with van der Waals surface area (Å²) in [5.74, 6) is -2.49. The van der Waals surface area contributed by atoms with Gasteiger partial charge in [0.25, 0.3) is 0 Å². The second kappa shape index (κ2) is 8.27. The molecule has 1 aromatic rings. The lowest BCUT2D eigenvalue weighted by Crippen LogP contribution is -2.28. The number of carbonyl (C=O) groups excluding carboxylic acids is 3. The Balaban J connectivity index is 1.41. The van der Waals surface area contributed by atoms with Gasteiger partial charge in [0, 0.05) is 41.8 Å². The van der Waals surface area contributed by atoms with Crippen molar-refractivity contribution in [3.8, 4) is 0 Å². The molecule has 1 atom stereocenters. The van der Waals surface area contributed by atoms with E-state index >= 15 is 0 Å². The maximum atomic E-state index is 13.2. The van der Waals surface area contributed by atoms with Crippen molar-refractivity contribution in [1.29, 1.82) is 0 Å². The van der Waals surface area contributed by atoms with Gasteiger partial charge in [0.2, 0.25) is 16.6 Å². The van der Waals surface area contributed by atoms with Crippen molar-refractivity contribution in [3.05, 3.63) is 39.6 Å². The van der Waals surface area contributed by atoms with E-state index in [1.165, 1.54) is 61.6 Å². The maximum Gasteiger partial charge on any atom is 0.239 e. The Morgan fingerprint density at radius 2 is 1.60 bits per heavy atom. The van der Waals surface area contributed by atoms with Crippen LogP contribution in [0.25, 0.3) is 0 Å². The monoisotopic (exact) mass is 441 g/mol. The second-order valence-corrected chi connectivity index (χ2v) is 10.4. The zero-order valence-electron chi connectivity index (χ0n) is 16.9. The Morgan fingerprint density at radius 1 is 0.867 bits per heavy atom. The summed E-state index contributed by atoms with van der Waals surface area (Å²) in [4.78, 5) is 42.4. The molecule has 2 saturated heterocycles. The van der Waals surface area contributed by atoms with Gasteiger partial charge in [0.05, 0.1) is 10.6 Å². The van der Waals surface area contributed by atoms with Crippen LogP contribution in [0, 0.1) is 0 Å². The van der Waals surface area contributed by atoms with Crippen molar-refractivity contribution in [2.75, 3.05) is 31.1 Å². The average Bonchev–Trinajstić information content (AvgIpc) is 3.49. The van der Waals surface area contributed by atoms with Crippen molar-refractivity contribution >= 4 is 50.5 Å². The Kier molecular flexibility index (Phi) is 5.50. The predicted molar refractivity (Wildman–Crippen MR) is 121 cm³/mol.